The van der Waals surface area contributed by atoms with Crippen LogP contribution in [0.4, 0.5) is 5.95 Å². The third kappa shape index (κ3) is 3.49. The van der Waals surface area contributed by atoms with Crippen LogP contribution in [0.5, 0.6) is 5.75 Å². The van der Waals surface area contributed by atoms with E-state index in [1.165, 1.54) is 0 Å². The number of rotatable bonds is 5. The molecule has 0 aliphatic carbocycles. The number of nitrogens with two attached hydrogens (primary N) is 2. The maximum Gasteiger partial charge on any atom is 0.223 e. The van der Waals surface area contributed by atoms with Crippen molar-refractivity contribution < 1.29 is 4.74 Å². The van der Waals surface area contributed by atoms with Gasteiger partial charge in [0.05, 0.1) is 7.11 Å². The number of nitrogen functional groups attached to an aromatic ring is 1. The number of nitrogens with zero attached hydrogens (tertiary/aromatic N) is 6. The van der Waals surface area contributed by atoms with Gasteiger partial charge in [0.2, 0.25) is 5.95 Å². The van der Waals surface area contributed by atoms with Crippen LogP contribution in [0.25, 0.3) is 16.6 Å². The summed E-state index contributed by atoms with van der Waals surface area (Å²) in [5.74, 6) is 1.69. The molecular formula is C20H26N8O. The number of para-hydroxylation sites is 1. The van der Waals surface area contributed by atoms with Gasteiger partial charge in [0, 0.05) is 61.9 Å². The minimum atomic E-state index is 0.293. The van der Waals surface area contributed by atoms with Gasteiger partial charge in [-0.25, -0.2) is 9.97 Å². The second-order valence-corrected chi connectivity index (χ2v) is 7.18. The lowest BCUT2D eigenvalue weighted by Gasteiger charge is -2.29. The SMILES string of the molecule is CN=C(C)C1=C(N)CCN(CCc2nc3c4cccc(OC)c4nc(N)n3n2)C1. The van der Waals surface area contributed by atoms with Crippen molar-refractivity contribution in [1.82, 2.24) is 24.5 Å². The van der Waals surface area contributed by atoms with E-state index in [0.717, 1.165) is 54.2 Å². The van der Waals surface area contributed by atoms with E-state index in [1.54, 1.807) is 18.7 Å². The van der Waals surface area contributed by atoms with Gasteiger partial charge >= 0.3 is 0 Å². The first-order valence-electron chi connectivity index (χ1n) is 9.63. The van der Waals surface area contributed by atoms with Crippen molar-refractivity contribution in [2.75, 3.05) is 39.5 Å². The monoisotopic (exact) mass is 394 g/mol. The summed E-state index contributed by atoms with van der Waals surface area (Å²) < 4.78 is 7.01. The molecule has 1 aliphatic rings. The van der Waals surface area contributed by atoms with Crippen LogP contribution in [0.2, 0.25) is 0 Å². The van der Waals surface area contributed by atoms with Crippen LogP contribution in [-0.2, 0) is 6.42 Å². The van der Waals surface area contributed by atoms with Gasteiger partial charge in [-0.2, -0.15) is 4.52 Å². The number of methoxy groups -OCH3 is 1. The Hall–Kier alpha value is -3.20. The average Bonchev–Trinajstić information content (AvgIpc) is 3.17. The molecule has 0 saturated carbocycles. The summed E-state index contributed by atoms with van der Waals surface area (Å²) in [6.45, 7) is 4.56. The summed E-state index contributed by atoms with van der Waals surface area (Å²) in [5.41, 5.74) is 16.8. The van der Waals surface area contributed by atoms with Crippen molar-refractivity contribution in [3.63, 3.8) is 0 Å². The molecule has 29 heavy (non-hydrogen) atoms. The largest absolute Gasteiger partial charge is 0.494 e. The number of fused-ring (bicyclic) bond motifs is 3. The Balaban J connectivity index is 1.58. The Morgan fingerprint density at radius 1 is 1.28 bits per heavy atom. The molecule has 152 valence electrons. The quantitative estimate of drug-likeness (QED) is 0.628. The van der Waals surface area contributed by atoms with Crippen molar-refractivity contribution in [3.8, 4) is 5.75 Å². The molecule has 0 radical (unpaired) electrons. The third-order valence-corrected chi connectivity index (χ3v) is 5.44. The maximum atomic E-state index is 6.18. The molecule has 2 aromatic heterocycles. The average molecular weight is 394 g/mol. The Kier molecular flexibility index (Phi) is 5.06. The van der Waals surface area contributed by atoms with E-state index >= 15 is 0 Å². The molecule has 0 saturated heterocycles. The summed E-state index contributed by atoms with van der Waals surface area (Å²) >= 11 is 0. The first-order chi connectivity index (χ1) is 14.0. The summed E-state index contributed by atoms with van der Waals surface area (Å²) in [7, 11) is 3.41. The van der Waals surface area contributed by atoms with Crippen LogP contribution in [0.1, 0.15) is 19.2 Å². The summed E-state index contributed by atoms with van der Waals surface area (Å²) in [6.07, 6.45) is 1.56. The fourth-order valence-corrected chi connectivity index (χ4v) is 3.70. The van der Waals surface area contributed by atoms with Gasteiger partial charge in [-0.05, 0) is 19.1 Å². The van der Waals surface area contributed by atoms with Gasteiger partial charge in [0.15, 0.2) is 11.5 Å². The lowest BCUT2D eigenvalue weighted by atomic mass is 10.0. The molecule has 0 atom stereocenters. The number of anilines is 1. The zero-order valence-electron chi connectivity index (χ0n) is 17.0. The number of hydrogen-bond acceptors (Lipinski definition) is 8. The van der Waals surface area contributed by atoms with E-state index < -0.39 is 0 Å². The molecule has 0 fully saturated rings. The lowest BCUT2D eigenvalue weighted by molar-refractivity contribution is 0.290. The molecule has 0 unspecified atom stereocenters. The molecule has 3 heterocycles. The fourth-order valence-electron chi connectivity index (χ4n) is 3.70. The molecule has 9 heteroatoms. The zero-order valence-corrected chi connectivity index (χ0v) is 17.0. The molecular weight excluding hydrogens is 368 g/mol. The van der Waals surface area contributed by atoms with Crippen LogP contribution in [0, 0.1) is 0 Å². The van der Waals surface area contributed by atoms with Gasteiger partial charge in [0.1, 0.15) is 11.3 Å². The van der Waals surface area contributed by atoms with Crippen LogP contribution in [0.15, 0.2) is 34.5 Å². The highest BCUT2D eigenvalue weighted by Gasteiger charge is 2.20. The topological polar surface area (TPSA) is 120 Å². The number of aliphatic imine (C=N–C) groups is 1. The van der Waals surface area contributed by atoms with Crippen LogP contribution in [0.3, 0.4) is 0 Å². The van der Waals surface area contributed by atoms with Gasteiger partial charge < -0.3 is 16.2 Å². The summed E-state index contributed by atoms with van der Waals surface area (Å²) in [5, 5.41) is 5.44. The van der Waals surface area contributed by atoms with E-state index in [0.29, 0.717) is 29.3 Å². The second kappa shape index (κ2) is 7.67. The lowest BCUT2D eigenvalue weighted by Crippen LogP contribution is -2.36. The molecule has 4 N–H and O–H groups in total. The normalized spacial score (nSPS) is 16.2. The highest BCUT2D eigenvalue weighted by Crippen LogP contribution is 2.27. The number of aromatic nitrogens is 4. The molecule has 1 aliphatic heterocycles. The van der Waals surface area contributed by atoms with Gasteiger partial charge in [-0.15, -0.1) is 5.10 Å². The first kappa shape index (κ1) is 19.1. The third-order valence-electron chi connectivity index (χ3n) is 5.44. The van der Waals surface area contributed by atoms with Crippen LogP contribution < -0.4 is 16.2 Å². The molecule has 3 aromatic rings. The molecule has 0 spiro atoms. The molecule has 0 bridgehead atoms. The van der Waals surface area contributed by atoms with Crippen molar-refractivity contribution in [1.29, 1.82) is 0 Å². The summed E-state index contributed by atoms with van der Waals surface area (Å²) in [6, 6.07) is 5.73. The maximum absolute atomic E-state index is 6.18. The number of hydrogen-bond donors (Lipinski definition) is 2. The predicted octanol–water partition coefficient (Wildman–Crippen LogP) is 1.42. The number of ether oxygens (including phenoxy) is 1. The minimum Gasteiger partial charge on any atom is -0.494 e. The molecule has 9 nitrogen and oxygen atoms in total. The van der Waals surface area contributed by atoms with Gasteiger partial charge in [0.25, 0.3) is 0 Å². The van der Waals surface area contributed by atoms with Gasteiger partial charge in [-0.1, -0.05) is 6.07 Å². The van der Waals surface area contributed by atoms with E-state index in [1.807, 2.05) is 25.1 Å². The second-order valence-electron chi connectivity index (χ2n) is 7.18. The molecule has 0 amide bonds. The molecule has 1 aromatic carbocycles. The Morgan fingerprint density at radius 2 is 2.10 bits per heavy atom. The van der Waals surface area contributed by atoms with E-state index in [2.05, 4.69) is 20.0 Å². The van der Waals surface area contributed by atoms with Crippen molar-refractivity contribution in [3.05, 3.63) is 35.3 Å². The first-order valence-corrected chi connectivity index (χ1v) is 9.63. The highest BCUT2D eigenvalue weighted by molar-refractivity contribution is 5.99. The van der Waals surface area contributed by atoms with E-state index in [9.17, 15) is 0 Å². The Labute approximate surface area is 169 Å². The summed E-state index contributed by atoms with van der Waals surface area (Å²) in [4.78, 5) is 15.8. The van der Waals surface area contributed by atoms with Crippen LogP contribution >= 0.6 is 0 Å². The highest BCUT2D eigenvalue weighted by atomic mass is 16.5. The van der Waals surface area contributed by atoms with Gasteiger partial charge in [-0.3, -0.25) is 9.89 Å². The standard InChI is InChI=1S/C20H26N8O/c1-12(23-2)14-11-27(9-7-15(14)21)10-8-17-24-19-13-5-4-6-16(29-3)18(13)25-20(22)28(19)26-17/h4-6H,7-11,21H2,1-3H3,(H2,22,25). The zero-order chi connectivity index (χ0) is 20.5. The Morgan fingerprint density at radius 3 is 2.86 bits per heavy atom. The minimum absolute atomic E-state index is 0.293. The van der Waals surface area contributed by atoms with Crippen molar-refractivity contribution in [2.45, 2.75) is 19.8 Å². The Bertz CT molecular complexity index is 1130. The number of benzene rings is 1. The van der Waals surface area contributed by atoms with E-state index in [-0.39, 0.29) is 0 Å². The van der Waals surface area contributed by atoms with Crippen LogP contribution in [-0.4, -0.2) is 64.0 Å². The van der Waals surface area contributed by atoms with Crippen molar-refractivity contribution >= 4 is 28.2 Å². The fraction of sp³-hybridized carbons (Fsp3) is 0.400. The van der Waals surface area contributed by atoms with Crippen molar-refractivity contribution in [2.24, 2.45) is 10.7 Å². The predicted molar refractivity (Wildman–Crippen MR) is 114 cm³/mol. The smallest absolute Gasteiger partial charge is 0.223 e. The molecule has 4 rings (SSSR count). The van der Waals surface area contributed by atoms with E-state index in [4.69, 9.17) is 21.2 Å².